The molecule has 0 spiro atoms. The van der Waals surface area contributed by atoms with Crippen molar-refractivity contribution in [1.29, 1.82) is 0 Å². The van der Waals surface area contributed by atoms with Crippen molar-refractivity contribution in [2.45, 2.75) is 51.1 Å². The summed E-state index contributed by atoms with van der Waals surface area (Å²) in [6, 6.07) is 20.1. The number of hydrogen-bond donors (Lipinski definition) is 2. The zero-order chi connectivity index (χ0) is 21.6. The summed E-state index contributed by atoms with van der Waals surface area (Å²) in [5.41, 5.74) is 2.42. The zero-order valence-corrected chi connectivity index (χ0v) is 19.0. The van der Waals surface area contributed by atoms with Gasteiger partial charge < -0.3 is 15.5 Å². The summed E-state index contributed by atoms with van der Waals surface area (Å²) >= 11 is 0. The van der Waals surface area contributed by atoms with Crippen LogP contribution in [0, 0.1) is 5.92 Å². The Morgan fingerprint density at radius 2 is 1.58 bits per heavy atom. The Kier molecular flexibility index (Phi) is 7.03. The van der Waals surface area contributed by atoms with Crippen LogP contribution in [0.15, 0.2) is 54.6 Å². The number of anilines is 2. The molecule has 0 radical (unpaired) electrons. The normalized spacial score (nSPS) is 19.8. The fourth-order valence-corrected chi connectivity index (χ4v) is 4.55. The third-order valence-corrected chi connectivity index (χ3v) is 6.25. The van der Waals surface area contributed by atoms with Crippen LogP contribution in [0.2, 0.25) is 0 Å². The second-order valence-electron chi connectivity index (χ2n) is 9.18. The lowest BCUT2D eigenvalue weighted by atomic mass is 9.90. The number of benzene rings is 2. The minimum Gasteiger partial charge on any atom is -0.362 e. The van der Waals surface area contributed by atoms with E-state index in [-0.39, 0.29) is 0 Å². The molecule has 5 nitrogen and oxygen atoms in total. The molecule has 0 bridgehead atoms. The van der Waals surface area contributed by atoms with E-state index in [9.17, 15) is 0 Å². The molecule has 0 saturated heterocycles. The molecule has 1 aliphatic carbocycles. The number of nitrogens with zero attached hydrogens (tertiary/aromatic N) is 3. The Labute approximate surface area is 186 Å². The molecular weight excluding hydrogens is 382 g/mol. The quantitative estimate of drug-likeness (QED) is 0.547. The molecule has 4 rings (SSSR count). The minimum absolute atomic E-state index is 0.441. The summed E-state index contributed by atoms with van der Waals surface area (Å²) < 4.78 is 0. The molecule has 5 heteroatoms. The number of hydrogen-bond acceptors (Lipinski definition) is 5. The van der Waals surface area contributed by atoms with Crippen molar-refractivity contribution in [2.24, 2.45) is 5.92 Å². The summed E-state index contributed by atoms with van der Waals surface area (Å²) in [7, 11) is 4.07. The van der Waals surface area contributed by atoms with Crippen LogP contribution in [0.1, 0.15) is 38.2 Å². The first-order valence-electron chi connectivity index (χ1n) is 11.6. The molecule has 2 N–H and O–H groups in total. The third-order valence-electron chi connectivity index (χ3n) is 6.25. The zero-order valence-electron chi connectivity index (χ0n) is 19.0. The fourth-order valence-electron chi connectivity index (χ4n) is 4.55. The van der Waals surface area contributed by atoms with Crippen molar-refractivity contribution in [3.8, 4) is 0 Å². The maximum Gasteiger partial charge on any atom is 0.225 e. The highest BCUT2D eigenvalue weighted by molar-refractivity contribution is 5.90. The van der Waals surface area contributed by atoms with Crippen LogP contribution in [-0.4, -0.2) is 42.7 Å². The first-order chi connectivity index (χ1) is 15.1. The predicted molar refractivity (Wildman–Crippen MR) is 131 cm³/mol. The Morgan fingerprint density at radius 1 is 0.903 bits per heavy atom. The maximum atomic E-state index is 4.80. The molecule has 31 heavy (non-hydrogen) atoms. The molecule has 1 unspecified atom stereocenters. The highest BCUT2D eigenvalue weighted by Crippen LogP contribution is 2.26. The van der Waals surface area contributed by atoms with Gasteiger partial charge in [0.15, 0.2) is 0 Å². The Bertz CT molecular complexity index is 964. The van der Waals surface area contributed by atoms with Gasteiger partial charge in [0.2, 0.25) is 5.95 Å². The van der Waals surface area contributed by atoms with Gasteiger partial charge in [0.25, 0.3) is 0 Å². The van der Waals surface area contributed by atoms with E-state index in [1.165, 1.54) is 18.4 Å². The SMILES string of the molecule is CC(CNC1CCC(Nc2nc(N(C)C)c3ccccc3n2)CC1)Cc1ccccc1. The minimum atomic E-state index is 0.441. The van der Waals surface area contributed by atoms with Gasteiger partial charge in [-0.15, -0.1) is 0 Å². The molecule has 1 aliphatic rings. The van der Waals surface area contributed by atoms with Crippen LogP contribution in [0.3, 0.4) is 0 Å². The number of para-hydroxylation sites is 1. The van der Waals surface area contributed by atoms with Crippen molar-refractivity contribution in [1.82, 2.24) is 15.3 Å². The second-order valence-corrected chi connectivity index (χ2v) is 9.18. The Morgan fingerprint density at radius 3 is 2.32 bits per heavy atom. The predicted octanol–water partition coefficient (Wildman–Crippen LogP) is 4.89. The lowest BCUT2D eigenvalue weighted by molar-refractivity contribution is 0.336. The molecule has 1 heterocycles. The topological polar surface area (TPSA) is 53.1 Å². The van der Waals surface area contributed by atoms with Gasteiger partial charge in [0, 0.05) is 31.6 Å². The van der Waals surface area contributed by atoms with Crippen molar-refractivity contribution < 1.29 is 0 Å². The molecule has 1 aromatic heterocycles. The van der Waals surface area contributed by atoms with E-state index in [4.69, 9.17) is 9.97 Å². The Hall–Kier alpha value is -2.66. The molecule has 164 valence electrons. The largest absolute Gasteiger partial charge is 0.362 e. The molecule has 0 amide bonds. The van der Waals surface area contributed by atoms with Crippen molar-refractivity contribution >= 4 is 22.7 Å². The number of rotatable bonds is 8. The smallest absolute Gasteiger partial charge is 0.225 e. The molecule has 2 aromatic carbocycles. The van der Waals surface area contributed by atoms with E-state index >= 15 is 0 Å². The fraction of sp³-hybridized carbons (Fsp3) is 0.462. The van der Waals surface area contributed by atoms with E-state index in [2.05, 4.69) is 64.9 Å². The van der Waals surface area contributed by atoms with Crippen LogP contribution in [0.25, 0.3) is 10.9 Å². The van der Waals surface area contributed by atoms with Crippen LogP contribution in [0.4, 0.5) is 11.8 Å². The maximum absolute atomic E-state index is 4.80. The van der Waals surface area contributed by atoms with Crippen molar-refractivity contribution in [3.63, 3.8) is 0 Å². The van der Waals surface area contributed by atoms with E-state index in [1.54, 1.807) is 0 Å². The molecular formula is C26H35N5. The van der Waals surface area contributed by atoms with Crippen LogP contribution in [-0.2, 0) is 6.42 Å². The second kappa shape index (κ2) is 10.1. The van der Waals surface area contributed by atoms with E-state index < -0.39 is 0 Å². The average Bonchev–Trinajstić information content (AvgIpc) is 2.78. The molecule has 3 aromatic rings. The number of fused-ring (bicyclic) bond motifs is 1. The van der Waals surface area contributed by atoms with Crippen molar-refractivity contribution in [3.05, 3.63) is 60.2 Å². The standard InChI is InChI=1S/C26H35N5/c1-19(17-20-9-5-4-6-10-20)18-27-21-13-15-22(16-14-21)28-26-29-24-12-8-7-11-23(24)25(30-26)31(2)3/h4-12,19,21-22,27H,13-18H2,1-3H3,(H,28,29,30). The molecule has 1 atom stereocenters. The van der Waals surface area contributed by atoms with Gasteiger partial charge >= 0.3 is 0 Å². The first-order valence-corrected chi connectivity index (χ1v) is 11.6. The van der Waals surface area contributed by atoms with Crippen molar-refractivity contribution in [2.75, 3.05) is 30.9 Å². The van der Waals surface area contributed by atoms with Gasteiger partial charge in [-0.2, -0.15) is 4.98 Å². The van der Waals surface area contributed by atoms with Gasteiger partial charge in [0.1, 0.15) is 5.82 Å². The van der Waals surface area contributed by atoms with E-state index in [0.29, 0.717) is 18.0 Å². The van der Waals surface area contributed by atoms with Crippen LogP contribution < -0.4 is 15.5 Å². The monoisotopic (exact) mass is 417 g/mol. The average molecular weight is 418 g/mol. The van der Waals surface area contributed by atoms with Gasteiger partial charge in [-0.05, 0) is 62.3 Å². The van der Waals surface area contributed by atoms with Gasteiger partial charge in [-0.3, -0.25) is 0 Å². The summed E-state index contributed by atoms with van der Waals surface area (Å²) in [5, 5.41) is 8.51. The lowest BCUT2D eigenvalue weighted by Gasteiger charge is -2.30. The number of nitrogens with one attached hydrogen (secondary N) is 2. The van der Waals surface area contributed by atoms with Gasteiger partial charge in [-0.25, -0.2) is 4.98 Å². The Balaban J connectivity index is 1.27. The molecule has 1 saturated carbocycles. The lowest BCUT2D eigenvalue weighted by Crippen LogP contribution is -2.39. The third kappa shape index (κ3) is 5.73. The van der Waals surface area contributed by atoms with E-state index in [1.807, 2.05) is 26.2 Å². The summed E-state index contributed by atoms with van der Waals surface area (Å²) in [4.78, 5) is 11.6. The van der Waals surface area contributed by atoms with Crippen LogP contribution in [0.5, 0.6) is 0 Å². The summed E-state index contributed by atoms with van der Waals surface area (Å²) in [6.07, 6.45) is 5.84. The summed E-state index contributed by atoms with van der Waals surface area (Å²) in [5.74, 6) is 2.36. The van der Waals surface area contributed by atoms with Gasteiger partial charge in [-0.1, -0.05) is 49.4 Å². The summed E-state index contributed by atoms with van der Waals surface area (Å²) in [6.45, 7) is 3.42. The highest BCUT2D eigenvalue weighted by atomic mass is 15.2. The molecule has 1 fully saturated rings. The highest BCUT2D eigenvalue weighted by Gasteiger charge is 2.22. The van der Waals surface area contributed by atoms with Gasteiger partial charge in [0.05, 0.1) is 5.52 Å². The number of aromatic nitrogens is 2. The molecule has 0 aliphatic heterocycles. The van der Waals surface area contributed by atoms with E-state index in [0.717, 1.165) is 48.5 Å². The first kappa shape index (κ1) is 21.6. The van der Waals surface area contributed by atoms with Crippen LogP contribution >= 0.6 is 0 Å².